The van der Waals surface area contributed by atoms with Gasteiger partial charge in [-0.05, 0) is 36.2 Å². The Hall–Kier alpha value is -2.10. The summed E-state index contributed by atoms with van der Waals surface area (Å²) in [6, 6.07) is 15.9. The highest BCUT2D eigenvalue weighted by Crippen LogP contribution is 2.33. The molecule has 0 atom stereocenters. The molecule has 3 rings (SSSR count). The molecule has 0 saturated carbocycles. The van der Waals surface area contributed by atoms with Crippen LogP contribution in [0.4, 0.5) is 0 Å². The van der Waals surface area contributed by atoms with Crippen LogP contribution >= 0.6 is 0 Å². The summed E-state index contributed by atoms with van der Waals surface area (Å²) in [5, 5.41) is 0. The van der Waals surface area contributed by atoms with Crippen molar-refractivity contribution in [2.24, 2.45) is 0 Å². The second-order valence-electron chi connectivity index (χ2n) is 4.50. The molecule has 1 aliphatic heterocycles. The highest BCUT2D eigenvalue weighted by Gasteiger charge is 2.30. The molecule has 2 aromatic carbocycles. The van der Waals surface area contributed by atoms with E-state index in [1.807, 2.05) is 36.4 Å². The molecule has 96 valence electrons. The van der Waals surface area contributed by atoms with Crippen LogP contribution in [0.25, 0.3) is 0 Å². The van der Waals surface area contributed by atoms with E-state index in [4.69, 9.17) is 14.0 Å². The lowest BCUT2D eigenvalue weighted by Crippen LogP contribution is -2.24. The molecule has 4 heteroatoms. The summed E-state index contributed by atoms with van der Waals surface area (Å²) in [4.78, 5) is 0. The lowest BCUT2D eigenvalue weighted by molar-refractivity contribution is 0.414. The summed E-state index contributed by atoms with van der Waals surface area (Å²) < 4.78 is 16.6. The van der Waals surface area contributed by atoms with E-state index in [1.165, 1.54) is 5.56 Å². The van der Waals surface area contributed by atoms with Crippen LogP contribution in [-0.2, 0) is 6.42 Å². The van der Waals surface area contributed by atoms with Gasteiger partial charge in [-0.3, -0.25) is 0 Å². The maximum Gasteiger partial charge on any atom is 0.595 e. The van der Waals surface area contributed by atoms with Crippen LogP contribution in [0.1, 0.15) is 5.56 Å². The molecule has 0 unspecified atom stereocenters. The van der Waals surface area contributed by atoms with Crippen molar-refractivity contribution in [2.45, 2.75) is 12.7 Å². The Labute approximate surface area is 113 Å². The van der Waals surface area contributed by atoms with Crippen molar-refractivity contribution in [1.29, 1.82) is 0 Å². The number of aryl methyl sites for hydroxylation is 1. The number of hydrogen-bond donors (Lipinski definition) is 0. The Balaban J connectivity index is 1.56. The molecule has 1 aliphatic rings. The van der Waals surface area contributed by atoms with E-state index in [0.717, 1.165) is 30.0 Å². The normalized spacial score (nSPS) is 12.6. The summed E-state index contributed by atoms with van der Waals surface area (Å²) in [5.41, 5.74) is 1.25. The first-order valence-electron chi connectivity index (χ1n) is 6.40. The molecule has 0 N–H and O–H groups in total. The Morgan fingerprint density at radius 1 is 0.947 bits per heavy atom. The Morgan fingerprint density at radius 2 is 1.58 bits per heavy atom. The van der Waals surface area contributed by atoms with Crippen molar-refractivity contribution >= 4 is 7.12 Å². The SMILES string of the molecule is COc1ccc(CCB2Oc3ccccc3O2)cc1. The highest BCUT2D eigenvalue weighted by atomic mass is 16.6. The molecule has 2 aromatic rings. The fourth-order valence-electron chi connectivity index (χ4n) is 2.15. The van der Waals surface area contributed by atoms with Gasteiger partial charge in [0.1, 0.15) is 17.2 Å². The fraction of sp³-hybridized carbons (Fsp3) is 0.200. The molecular formula is C15H15BO3. The van der Waals surface area contributed by atoms with Gasteiger partial charge in [0.15, 0.2) is 0 Å². The van der Waals surface area contributed by atoms with Gasteiger partial charge >= 0.3 is 7.12 Å². The van der Waals surface area contributed by atoms with E-state index in [-0.39, 0.29) is 7.12 Å². The number of fused-ring (bicyclic) bond motifs is 1. The van der Waals surface area contributed by atoms with Gasteiger partial charge in [0.2, 0.25) is 0 Å². The summed E-state index contributed by atoms with van der Waals surface area (Å²) in [6.07, 6.45) is 1.75. The van der Waals surface area contributed by atoms with E-state index in [1.54, 1.807) is 7.11 Å². The summed E-state index contributed by atoms with van der Waals surface area (Å²) in [7, 11) is 1.49. The van der Waals surface area contributed by atoms with Crippen molar-refractivity contribution in [3.8, 4) is 17.2 Å². The average Bonchev–Trinajstić information content (AvgIpc) is 2.88. The van der Waals surface area contributed by atoms with Crippen molar-refractivity contribution < 1.29 is 14.0 Å². The molecular weight excluding hydrogens is 239 g/mol. The summed E-state index contributed by atoms with van der Waals surface area (Å²) in [6.45, 7) is 0. The third-order valence-electron chi connectivity index (χ3n) is 3.19. The molecule has 0 amide bonds. The minimum atomic E-state index is -0.181. The van der Waals surface area contributed by atoms with Gasteiger partial charge in [-0.1, -0.05) is 24.3 Å². The zero-order chi connectivity index (χ0) is 13.1. The Kier molecular flexibility index (Phi) is 3.32. The minimum absolute atomic E-state index is 0.181. The van der Waals surface area contributed by atoms with Gasteiger partial charge in [0, 0.05) is 6.32 Å². The van der Waals surface area contributed by atoms with Crippen LogP contribution in [0.15, 0.2) is 48.5 Å². The smallest absolute Gasteiger partial charge is 0.523 e. The number of hydrogen-bond acceptors (Lipinski definition) is 3. The maximum absolute atomic E-state index is 5.73. The Bertz CT molecular complexity index is 529. The van der Waals surface area contributed by atoms with Crippen molar-refractivity contribution in [1.82, 2.24) is 0 Å². The number of methoxy groups -OCH3 is 1. The van der Waals surface area contributed by atoms with Gasteiger partial charge < -0.3 is 14.0 Å². The summed E-state index contributed by atoms with van der Waals surface area (Å²) >= 11 is 0. The Morgan fingerprint density at radius 3 is 2.16 bits per heavy atom. The van der Waals surface area contributed by atoms with Crippen molar-refractivity contribution in [2.75, 3.05) is 7.11 Å². The lowest BCUT2D eigenvalue weighted by atomic mass is 9.82. The monoisotopic (exact) mass is 254 g/mol. The van der Waals surface area contributed by atoms with E-state index >= 15 is 0 Å². The second-order valence-corrected chi connectivity index (χ2v) is 4.50. The first kappa shape index (κ1) is 12.0. The van der Waals surface area contributed by atoms with E-state index in [2.05, 4.69) is 12.1 Å². The first-order valence-corrected chi connectivity index (χ1v) is 6.40. The third-order valence-corrected chi connectivity index (χ3v) is 3.19. The topological polar surface area (TPSA) is 27.7 Å². The number of para-hydroxylation sites is 2. The quantitative estimate of drug-likeness (QED) is 0.784. The molecule has 1 heterocycles. The van der Waals surface area contributed by atoms with Gasteiger partial charge in [0.05, 0.1) is 7.11 Å². The number of ether oxygens (including phenoxy) is 1. The van der Waals surface area contributed by atoms with Crippen LogP contribution < -0.4 is 14.0 Å². The molecule has 0 aliphatic carbocycles. The molecule has 0 aromatic heterocycles. The van der Waals surface area contributed by atoms with E-state index < -0.39 is 0 Å². The van der Waals surface area contributed by atoms with Crippen molar-refractivity contribution in [3.05, 3.63) is 54.1 Å². The second kappa shape index (κ2) is 5.27. The highest BCUT2D eigenvalue weighted by molar-refractivity contribution is 6.47. The number of rotatable bonds is 4. The van der Waals surface area contributed by atoms with Crippen LogP contribution in [0.3, 0.4) is 0 Å². The van der Waals surface area contributed by atoms with Gasteiger partial charge in [0.25, 0.3) is 0 Å². The molecule has 0 radical (unpaired) electrons. The molecule has 0 bridgehead atoms. The lowest BCUT2D eigenvalue weighted by Gasteiger charge is -2.05. The molecule has 0 fully saturated rings. The molecule has 19 heavy (non-hydrogen) atoms. The fourth-order valence-corrected chi connectivity index (χ4v) is 2.15. The third kappa shape index (κ3) is 2.68. The van der Waals surface area contributed by atoms with Gasteiger partial charge in [-0.25, -0.2) is 0 Å². The zero-order valence-electron chi connectivity index (χ0n) is 10.8. The van der Waals surface area contributed by atoms with Gasteiger partial charge in [-0.2, -0.15) is 0 Å². The molecule has 0 saturated heterocycles. The van der Waals surface area contributed by atoms with Crippen LogP contribution in [0, 0.1) is 0 Å². The predicted molar refractivity (Wildman–Crippen MR) is 75.0 cm³/mol. The molecule has 0 spiro atoms. The van der Waals surface area contributed by atoms with Gasteiger partial charge in [-0.15, -0.1) is 0 Å². The van der Waals surface area contributed by atoms with E-state index in [9.17, 15) is 0 Å². The van der Waals surface area contributed by atoms with Crippen LogP contribution in [0.2, 0.25) is 6.32 Å². The zero-order valence-corrected chi connectivity index (χ0v) is 10.8. The first-order chi connectivity index (χ1) is 9.35. The predicted octanol–water partition coefficient (Wildman–Crippen LogP) is 3.20. The van der Waals surface area contributed by atoms with Crippen LogP contribution in [-0.4, -0.2) is 14.2 Å². The average molecular weight is 254 g/mol. The minimum Gasteiger partial charge on any atom is -0.523 e. The molecule has 3 nitrogen and oxygen atoms in total. The van der Waals surface area contributed by atoms with E-state index in [0.29, 0.717) is 0 Å². The van der Waals surface area contributed by atoms with Crippen molar-refractivity contribution in [3.63, 3.8) is 0 Å². The number of benzene rings is 2. The largest absolute Gasteiger partial charge is 0.595 e. The van der Waals surface area contributed by atoms with Crippen LogP contribution in [0.5, 0.6) is 17.2 Å². The standard InChI is InChI=1S/C15H15BO3/c1-17-13-8-6-12(7-9-13)10-11-16-18-14-4-2-3-5-15(14)19-16/h2-9H,10-11H2,1H3. The summed E-state index contributed by atoms with van der Waals surface area (Å²) in [5.74, 6) is 2.55. The maximum atomic E-state index is 5.73.